The summed E-state index contributed by atoms with van der Waals surface area (Å²) in [5, 5.41) is 14.6. The van der Waals surface area contributed by atoms with E-state index in [-0.39, 0.29) is 5.41 Å². The molecule has 0 aliphatic heterocycles. The maximum atomic E-state index is 9.20. The van der Waals surface area contributed by atoms with E-state index in [1.165, 1.54) is 0 Å². The normalized spacial score (nSPS) is 11.9. The van der Waals surface area contributed by atoms with Gasteiger partial charge in [0.2, 0.25) is 4.96 Å². The third kappa shape index (κ3) is 1.59. The van der Waals surface area contributed by atoms with Crippen molar-refractivity contribution in [2.75, 3.05) is 0 Å². The van der Waals surface area contributed by atoms with Crippen LogP contribution in [0.5, 0.6) is 0 Å². The Labute approximate surface area is 98.5 Å². The molecule has 0 amide bonds. The third-order valence-corrected chi connectivity index (χ3v) is 3.42. The first-order valence-corrected chi connectivity index (χ1v) is 6.08. The molecule has 0 saturated heterocycles. The van der Waals surface area contributed by atoms with Crippen LogP contribution in [0.2, 0.25) is 0 Å². The van der Waals surface area contributed by atoms with Crippen molar-refractivity contribution in [3.63, 3.8) is 0 Å². The maximum Gasteiger partial charge on any atom is 0.213 e. The molecule has 2 aromatic rings. The Hall–Kier alpha value is -1.41. The molecule has 0 saturated carbocycles. The van der Waals surface area contributed by atoms with E-state index in [1.54, 1.807) is 15.9 Å². The molecule has 0 aliphatic rings. The first-order valence-electron chi connectivity index (χ1n) is 5.26. The minimum Gasteiger partial charge on any atom is -0.221 e. The minimum atomic E-state index is -0.120. The Morgan fingerprint density at radius 3 is 2.62 bits per heavy atom. The predicted octanol–water partition coefficient (Wildman–Crippen LogP) is 2.52. The molecule has 16 heavy (non-hydrogen) atoms. The Kier molecular flexibility index (Phi) is 2.47. The molecule has 84 valence electrons. The highest BCUT2D eigenvalue weighted by atomic mass is 32.1. The quantitative estimate of drug-likeness (QED) is 0.761. The number of nitrogens with zero attached hydrogens (tertiary/aromatic N) is 4. The van der Waals surface area contributed by atoms with E-state index < -0.39 is 0 Å². The molecule has 0 unspecified atom stereocenters. The fourth-order valence-electron chi connectivity index (χ4n) is 1.55. The van der Waals surface area contributed by atoms with Gasteiger partial charge in [0, 0.05) is 5.41 Å². The second kappa shape index (κ2) is 3.56. The number of hydrogen-bond donors (Lipinski definition) is 0. The number of nitriles is 1. The highest BCUT2D eigenvalue weighted by molar-refractivity contribution is 7.16. The van der Waals surface area contributed by atoms with Gasteiger partial charge in [0.1, 0.15) is 11.1 Å². The molecule has 0 aliphatic carbocycles. The van der Waals surface area contributed by atoms with E-state index in [1.807, 2.05) is 0 Å². The number of fused-ring (bicyclic) bond motifs is 1. The molecule has 5 heteroatoms. The lowest BCUT2D eigenvalue weighted by atomic mass is 9.91. The number of aromatic nitrogens is 3. The second-order valence-electron chi connectivity index (χ2n) is 4.71. The number of aryl methyl sites for hydroxylation is 1. The summed E-state index contributed by atoms with van der Waals surface area (Å²) in [4.78, 5) is 5.34. The summed E-state index contributed by atoms with van der Waals surface area (Å²) in [6.45, 7) is 8.22. The summed E-state index contributed by atoms with van der Waals surface area (Å²) in [7, 11) is 0. The molecule has 0 aromatic carbocycles. The van der Waals surface area contributed by atoms with Crippen molar-refractivity contribution in [3.05, 3.63) is 16.4 Å². The molecule has 0 spiro atoms. The molecule has 2 heterocycles. The average molecular weight is 234 g/mol. The van der Waals surface area contributed by atoms with E-state index in [9.17, 15) is 5.26 Å². The van der Waals surface area contributed by atoms with Crippen LogP contribution in [0.15, 0.2) is 0 Å². The van der Waals surface area contributed by atoms with Crippen molar-refractivity contribution in [3.8, 4) is 6.07 Å². The van der Waals surface area contributed by atoms with Gasteiger partial charge in [-0.05, 0) is 6.42 Å². The van der Waals surface area contributed by atoms with Crippen molar-refractivity contribution in [1.82, 2.24) is 14.6 Å². The fourth-order valence-corrected chi connectivity index (χ4v) is 2.39. The van der Waals surface area contributed by atoms with E-state index in [0.29, 0.717) is 5.69 Å². The standard InChI is InChI=1S/C11H14N4S/c1-5-8-14-15-7(6-12)9(11(2,3)4)13-10(15)16-8/h5H2,1-4H3. The summed E-state index contributed by atoms with van der Waals surface area (Å²) in [5.74, 6) is 0. The van der Waals surface area contributed by atoms with Gasteiger partial charge in [0.05, 0.1) is 5.69 Å². The molecule has 2 rings (SSSR count). The van der Waals surface area contributed by atoms with Crippen LogP contribution >= 0.6 is 11.3 Å². The first-order chi connectivity index (χ1) is 7.47. The molecular weight excluding hydrogens is 220 g/mol. The van der Waals surface area contributed by atoms with Gasteiger partial charge in [0.25, 0.3) is 0 Å². The smallest absolute Gasteiger partial charge is 0.213 e. The molecule has 2 aromatic heterocycles. The lowest BCUT2D eigenvalue weighted by Gasteiger charge is -2.14. The average Bonchev–Trinajstić information content (AvgIpc) is 2.71. The lowest BCUT2D eigenvalue weighted by Crippen LogP contribution is -2.14. The van der Waals surface area contributed by atoms with Gasteiger partial charge in [-0.1, -0.05) is 39.0 Å². The Morgan fingerprint density at radius 1 is 1.44 bits per heavy atom. The van der Waals surface area contributed by atoms with Crippen molar-refractivity contribution < 1.29 is 0 Å². The second-order valence-corrected chi connectivity index (χ2v) is 5.76. The van der Waals surface area contributed by atoms with Crippen molar-refractivity contribution in [2.45, 2.75) is 39.5 Å². The molecule has 4 nitrogen and oxygen atoms in total. The topological polar surface area (TPSA) is 54.0 Å². The summed E-state index contributed by atoms with van der Waals surface area (Å²) in [6, 6.07) is 2.21. The Balaban J connectivity index is 2.71. The van der Waals surface area contributed by atoms with Crippen LogP contribution in [0.25, 0.3) is 4.96 Å². The zero-order valence-electron chi connectivity index (χ0n) is 9.90. The van der Waals surface area contributed by atoms with E-state index in [0.717, 1.165) is 22.1 Å². The van der Waals surface area contributed by atoms with Crippen molar-refractivity contribution in [1.29, 1.82) is 5.26 Å². The van der Waals surface area contributed by atoms with E-state index in [4.69, 9.17) is 0 Å². The van der Waals surface area contributed by atoms with Gasteiger partial charge in [-0.3, -0.25) is 0 Å². The number of hydrogen-bond acceptors (Lipinski definition) is 4. The molecule has 0 atom stereocenters. The van der Waals surface area contributed by atoms with Gasteiger partial charge < -0.3 is 0 Å². The van der Waals surface area contributed by atoms with Crippen LogP contribution < -0.4 is 0 Å². The number of rotatable bonds is 1. The molecule has 0 N–H and O–H groups in total. The van der Waals surface area contributed by atoms with Gasteiger partial charge in [-0.2, -0.15) is 14.9 Å². The zero-order valence-corrected chi connectivity index (χ0v) is 10.7. The molecule has 0 fully saturated rings. The first kappa shape index (κ1) is 11.1. The number of imidazole rings is 1. The van der Waals surface area contributed by atoms with Gasteiger partial charge in [0.15, 0.2) is 5.69 Å². The Bertz CT molecular complexity index is 565. The van der Waals surface area contributed by atoms with E-state index in [2.05, 4.69) is 43.8 Å². The van der Waals surface area contributed by atoms with Crippen molar-refractivity contribution >= 4 is 16.3 Å². The van der Waals surface area contributed by atoms with Crippen LogP contribution in [0.1, 0.15) is 44.1 Å². The maximum absolute atomic E-state index is 9.20. The predicted molar refractivity (Wildman–Crippen MR) is 63.7 cm³/mol. The fraction of sp³-hybridized carbons (Fsp3) is 0.545. The van der Waals surface area contributed by atoms with E-state index >= 15 is 0 Å². The highest BCUT2D eigenvalue weighted by Gasteiger charge is 2.25. The lowest BCUT2D eigenvalue weighted by molar-refractivity contribution is 0.570. The molecule has 0 bridgehead atoms. The Morgan fingerprint density at radius 2 is 2.12 bits per heavy atom. The molecular formula is C11H14N4S. The van der Waals surface area contributed by atoms with Gasteiger partial charge in [-0.25, -0.2) is 4.98 Å². The summed E-state index contributed by atoms with van der Waals surface area (Å²) < 4.78 is 1.67. The van der Waals surface area contributed by atoms with Crippen LogP contribution in [-0.2, 0) is 11.8 Å². The zero-order chi connectivity index (χ0) is 11.9. The monoisotopic (exact) mass is 234 g/mol. The largest absolute Gasteiger partial charge is 0.221 e. The minimum absolute atomic E-state index is 0.120. The van der Waals surface area contributed by atoms with Crippen LogP contribution in [0, 0.1) is 11.3 Å². The summed E-state index contributed by atoms with van der Waals surface area (Å²) >= 11 is 1.55. The van der Waals surface area contributed by atoms with Crippen molar-refractivity contribution in [2.24, 2.45) is 0 Å². The van der Waals surface area contributed by atoms with Gasteiger partial charge >= 0.3 is 0 Å². The third-order valence-electron chi connectivity index (χ3n) is 2.36. The summed E-state index contributed by atoms with van der Waals surface area (Å²) in [6.07, 6.45) is 0.879. The molecule has 0 radical (unpaired) electrons. The summed E-state index contributed by atoms with van der Waals surface area (Å²) in [5.41, 5.74) is 1.28. The SMILES string of the molecule is CCc1nn2c(C#N)c(C(C)(C)C)nc2s1. The van der Waals surface area contributed by atoms with Crippen LogP contribution in [-0.4, -0.2) is 14.6 Å². The van der Waals surface area contributed by atoms with Gasteiger partial charge in [-0.15, -0.1) is 0 Å². The van der Waals surface area contributed by atoms with Crippen LogP contribution in [0.3, 0.4) is 0 Å². The highest BCUT2D eigenvalue weighted by Crippen LogP contribution is 2.27. The van der Waals surface area contributed by atoms with Crippen LogP contribution in [0.4, 0.5) is 0 Å².